The number of halogens is 1. The van der Waals surface area contributed by atoms with Crippen LogP contribution in [0.25, 0.3) is 0 Å². The van der Waals surface area contributed by atoms with E-state index in [0.29, 0.717) is 13.1 Å². The van der Waals surface area contributed by atoms with E-state index in [1.807, 2.05) is 6.92 Å². The molecule has 0 saturated heterocycles. The molecule has 1 N–H and O–H groups in total. The molecule has 4 heteroatoms. The zero-order valence-electron chi connectivity index (χ0n) is 11.2. The summed E-state index contributed by atoms with van der Waals surface area (Å²) < 4.78 is 13.2. The highest BCUT2D eigenvalue weighted by Crippen LogP contribution is 2.19. The van der Waals surface area contributed by atoms with E-state index in [1.54, 1.807) is 35.2 Å². The quantitative estimate of drug-likeness (QED) is 0.929. The third kappa shape index (κ3) is 3.15. The van der Waals surface area contributed by atoms with E-state index in [4.69, 9.17) is 0 Å². The first-order valence-electron chi connectivity index (χ1n) is 6.43. The lowest BCUT2D eigenvalue weighted by Gasteiger charge is -2.21. The zero-order chi connectivity index (χ0) is 14.5. The molecule has 20 heavy (non-hydrogen) atoms. The van der Waals surface area contributed by atoms with Gasteiger partial charge >= 0.3 is 0 Å². The van der Waals surface area contributed by atoms with E-state index in [-0.39, 0.29) is 23.0 Å². The van der Waals surface area contributed by atoms with Crippen LogP contribution in [0.1, 0.15) is 22.8 Å². The van der Waals surface area contributed by atoms with E-state index in [9.17, 15) is 14.3 Å². The number of benzene rings is 2. The fourth-order valence-corrected chi connectivity index (χ4v) is 2.01. The molecular weight excluding hydrogens is 257 g/mol. The van der Waals surface area contributed by atoms with E-state index in [0.717, 1.165) is 5.56 Å². The second kappa shape index (κ2) is 6.19. The minimum Gasteiger partial charge on any atom is -0.507 e. The fraction of sp³-hybridized carbons (Fsp3) is 0.188. The predicted molar refractivity (Wildman–Crippen MR) is 74.9 cm³/mol. The van der Waals surface area contributed by atoms with Gasteiger partial charge in [-0.25, -0.2) is 4.39 Å². The van der Waals surface area contributed by atoms with Crippen molar-refractivity contribution in [2.75, 3.05) is 6.54 Å². The first-order valence-corrected chi connectivity index (χ1v) is 6.43. The Bertz CT molecular complexity index is 613. The maximum Gasteiger partial charge on any atom is 0.257 e. The van der Waals surface area contributed by atoms with Crippen LogP contribution in [0.4, 0.5) is 4.39 Å². The number of rotatable bonds is 4. The third-order valence-corrected chi connectivity index (χ3v) is 3.07. The average Bonchev–Trinajstić information content (AvgIpc) is 2.44. The molecule has 0 heterocycles. The average molecular weight is 273 g/mol. The largest absolute Gasteiger partial charge is 0.507 e. The standard InChI is InChI=1S/C16H16FNO2/c1-2-18(11-12-6-5-7-13(17)10-12)16(20)14-8-3-4-9-15(14)19/h3-10,19H,2,11H2,1H3. The van der Waals surface area contributed by atoms with Gasteiger partial charge in [0.1, 0.15) is 11.6 Å². The van der Waals surface area contributed by atoms with Crippen LogP contribution in [0.5, 0.6) is 5.75 Å². The van der Waals surface area contributed by atoms with Crippen molar-refractivity contribution in [1.82, 2.24) is 4.90 Å². The van der Waals surface area contributed by atoms with Crippen molar-refractivity contribution in [1.29, 1.82) is 0 Å². The van der Waals surface area contributed by atoms with Gasteiger partial charge < -0.3 is 10.0 Å². The van der Waals surface area contributed by atoms with E-state index >= 15 is 0 Å². The summed E-state index contributed by atoms with van der Waals surface area (Å²) in [5.74, 6) is -0.640. The molecule has 2 aromatic rings. The van der Waals surface area contributed by atoms with Gasteiger partial charge in [0.15, 0.2) is 0 Å². The Labute approximate surface area is 117 Å². The Kier molecular flexibility index (Phi) is 4.35. The number of amides is 1. The van der Waals surface area contributed by atoms with Gasteiger partial charge in [-0.2, -0.15) is 0 Å². The summed E-state index contributed by atoms with van der Waals surface area (Å²) in [5.41, 5.74) is 0.973. The maximum absolute atomic E-state index is 13.2. The summed E-state index contributed by atoms with van der Waals surface area (Å²) in [6.45, 7) is 2.63. The van der Waals surface area contributed by atoms with Crippen molar-refractivity contribution in [3.05, 3.63) is 65.5 Å². The number of hydrogen-bond donors (Lipinski definition) is 1. The molecule has 0 aromatic heterocycles. The van der Waals surface area contributed by atoms with E-state index in [1.165, 1.54) is 18.2 Å². The van der Waals surface area contributed by atoms with Crippen molar-refractivity contribution in [3.63, 3.8) is 0 Å². The van der Waals surface area contributed by atoms with Crippen LogP contribution in [0, 0.1) is 5.82 Å². The number of nitrogens with zero attached hydrogens (tertiary/aromatic N) is 1. The van der Waals surface area contributed by atoms with Crippen LogP contribution in [-0.2, 0) is 6.54 Å². The van der Waals surface area contributed by atoms with Crippen molar-refractivity contribution in [3.8, 4) is 5.75 Å². The number of hydrogen-bond acceptors (Lipinski definition) is 2. The molecular formula is C16H16FNO2. The molecule has 3 nitrogen and oxygen atoms in total. The van der Waals surface area contributed by atoms with Gasteiger partial charge in [-0.3, -0.25) is 4.79 Å². The van der Waals surface area contributed by atoms with Gasteiger partial charge in [0, 0.05) is 13.1 Å². The molecule has 0 spiro atoms. The third-order valence-electron chi connectivity index (χ3n) is 3.07. The SMILES string of the molecule is CCN(Cc1cccc(F)c1)C(=O)c1ccccc1O. The summed E-state index contributed by atoms with van der Waals surface area (Å²) in [7, 11) is 0. The minimum atomic E-state index is -0.325. The summed E-state index contributed by atoms with van der Waals surface area (Å²) in [4.78, 5) is 13.9. The number of phenols is 1. The molecule has 0 aliphatic heterocycles. The number of phenolic OH excluding ortho intramolecular Hbond substituents is 1. The monoisotopic (exact) mass is 273 g/mol. The van der Waals surface area contributed by atoms with Gasteiger partial charge in [0.25, 0.3) is 5.91 Å². The number of carbonyl (C=O) groups is 1. The molecule has 1 amide bonds. The highest BCUT2D eigenvalue weighted by Gasteiger charge is 2.17. The second-order valence-corrected chi connectivity index (χ2v) is 4.47. The van der Waals surface area contributed by atoms with Gasteiger partial charge in [-0.05, 0) is 36.8 Å². The molecule has 0 bridgehead atoms. The molecule has 0 unspecified atom stereocenters. The normalized spacial score (nSPS) is 10.3. The molecule has 0 radical (unpaired) electrons. The van der Waals surface area contributed by atoms with Crippen molar-refractivity contribution >= 4 is 5.91 Å². The Hall–Kier alpha value is -2.36. The Morgan fingerprint density at radius 2 is 1.95 bits per heavy atom. The smallest absolute Gasteiger partial charge is 0.257 e. The highest BCUT2D eigenvalue weighted by molar-refractivity contribution is 5.96. The lowest BCUT2D eigenvalue weighted by atomic mass is 10.1. The summed E-state index contributed by atoms with van der Waals surface area (Å²) >= 11 is 0. The first-order chi connectivity index (χ1) is 9.61. The van der Waals surface area contributed by atoms with Crippen molar-refractivity contribution < 1.29 is 14.3 Å². The fourth-order valence-electron chi connectivity index (χ4n) is 2.01. The molecule has 0 aliphatic rings. The van der Waals surface area contributed by atoms with Crippen LogP contribution in [0.2, 0.25) is 0 Å². The highest BCUT2D eigenvalue weighted by atomic mass is 19.1. The summed E-state index contributed by atoms with van der Waals surface area (Å²) in [5, 5.41) is 9.73. The first kappa shape index (κ1) is 14.1. The number of carbonyl (C=O) groups excluding carboxylic acids is 1. The number of para-hydroxylation sites is 1. The topological polar surface area (TPSA) is 40.5 Å². The predicted octanol–water partition coefficient (Wildman–Crippen LogP) is 3.19. The molecule has 0 fully saturated rings. The van der Waals surface area contributed by atoms with Gasteiger partial charge in [0.2, 0.25) is 0 Å². The summed E-state index contributed by atoms with van der Waals surface area (Å²) in [6, 6.07) is 12.6. The molecule has 0 atom stereocenters. The molecule has 0 saturated carbocycles. The van der Waals surface area contributed by atoms with Gasteiger partial charge in [-0.15, -0.1) is 0 Å². The molecule has 0 aliphatic carbocycles. The maximum atomic E-state index is 13.2. The minimum absolute atomic E-state index is 0.0461. The van der Waals surface area contributed by atoms with Crippen LogP contribution in [0.15, 0.2) is 48.5 Å². The van der Waals surface area contributed by atoms with Gasteiger partial charge in [0.05, 0.1) is 5.56 Å². The van der Waals surface area contributed by atoms with Crippen LogP contribution in [-0.4, -0.2) is 22.5 Å². The second-order valence-electron chi connectivity index (χ2n) is 4.47. The molecule has 2 aromatic carbocycles. The Morgan fingerprint density at radius 1 is 1.20 bits per heavy atom. The zero-order valence-corrected chi connectivity index (χ0v) is 11.2. The molecule has 2 rings (SSSR count). The lowest BCUT2D eigenvalue weighted by molar-refractivity contribution is 0.0749. The van der Waals surface area contributed by atoms with Crippen molar-refractivity contribution in [2.45, 2.75) is 13.5 Å². The van der Waals surface area contributed by atoms with Crippen LogP contribution < -0.4 is 0 Å². The lowest BCUT2D eigenvalue weighted by Crippen LogP contribution is -2.30. The van der Waals surface area contributed by atoms with Crippen LogP contribution >= 0.6 is 0 Å². The van der Waals surface area contributed by atoms with Gasteiger partial charge in [-0.1, -0.05) is 24.3 Å². The van der Waals surface area contributed by atoms with Crippen molar-refractivity contribution in [2.24, 2.45) is 0 Å². The van der Waals surface area contributed by atoms with E-state index < -0.39 is 0 Å². The Morgan fingerprint density at radius 3 is 2.60 bits per heavy atom. The van der Waals surface area contributed by atoms with E-state index in [2.05, 4.69) is 0 Å². The number of aromatic hydroxyl groups is 1. The van der Waals surface area contributed by atoms with Crippen LogP contribution in [0.3, 0.4) is 0 Å². The summed E-state index contributed by atoms with van der Waals surface area (Å²) in [6.07, 6.45) is 0. The Balaban J connectivity index is 2.20. The molecule has 104 valence electrons.